The van der Waals surface area contributed by atoms with Crippen molar-refractivity contribution in [2.75, 3.05) is 6.61 Å². The van der Waals surface area contributed by atoms with Crippen LogP contribution in [0.5, 0.6) is 0 Å². The van der Waals surface area contributed by atoms with E-state index in [-0.39, 0.29) is 11.6 Å². The van der Waals surface area contributed by atoms with Gasteiger partial charge in [0.25, 0.3) is 0 Å². The fraction of sp³-hybridized carbons (Fsp3) is 0.692. The van der Waals surface area contributed by atoms with Gasteiger partial charge in [-0.3, -0.25) is 0 Å². The third kappa shape index (κ3) is 3.53. The van der Waals surface area contributed by atoms with Gasteiger partial charge in [0.15, 0.2) is 0 Å². The minimum absolute atomic E-state index is 0.0485. The van der Waals surface area contributed by atoms with Gasteiger partial charge in [0.05, 0.1) is 5.60 Å². The quantitative estimate of drug-likeness (QED) is 0.825. The second-order valence-electron chi connectivity index (χ2n) is 4.21. The van der Waals surface area contributed by atoms with Crippen molar-refractivity contribution in [3.8, 4) is 0 Å². The second-order valence-corrected chi connectivity index (χ2v) is 6.06. The number of thiophene rings is 1. The number of halogens is 1. The van der Waals surface area contributed by atoms with Crippen LogP contribution in [0.15, 0.2) is 15.9 Å². The van der Waals surface area contributed by atoms with Gasteiger partial charge in [-0.15, -0.1) is 11.3 Å². The molecule has 1 unspecified atom stereocenters. The predicted molar refractivity (Wildman–Crippen MR) is 78.6 cm³/mol. The van der Waals surface area contributed by atoms with Crippen molar-refractivity contribution in [3.63, 3.8) is 0 Å². The van der Waals surface area contributed by atoms with Gasteiger partial charge in [0, 0.05) is 28.4 Å². The molecule has 0 spiro atoms. The summed E-state index contributed by atoms with van der Waals surface area (Å²) in [5, 5.41) is 2.09. The first-order valence-corrected chi connectivity index (χ1v) is 7.88. The van der Waals surface area contributed by atoms with Gasteiger partial charge in [-0.05, 0) is 47.1 Å². The topological polar surface area (TPSA) is 35.2 Å². The molecule has 0 radical (unpaired) electrons. The molecule has 17 heavy (non-hydrogen) atoms. The van der Waals surface area contributed by atoms with E-state index in [1.807, 2.05) is 6.92 Å². The third-order valence-electron chi connectivity index (χ3n) is 3.40. The van der Waals surface area contributed by atoms with E-state index in [0.29, 0.717) is 0 Å². The van der Waals surface area contributed by atoms with Crippen LogP contribution in [0.4, 0.5) is 0 Å². The van der Waals surface area contributed by atoms with Crippen LogP contribution in [-0.2, 0) is 11.2 Å². The molecule has 1 aromatic rings. The van der Waals surface area contributed by atoms with E-state index in [0.717, 1.165) is 30.3 Å². The Balaban J connectivity index is 2.78. The summed E-state index contributed by atoms with van der Waals surface area (Å²) in [6, 6.07) is 2.12. The first kappa shape index (κ1) is 15.2. The first-order chi connectivity index (χ1) is 8.09. The van der Waals surface area contributed by atoms with E-state index in [2.05, 4.69) is 41.2 Å². The Kier molecular flexibility index (Phi) is 6.13. The highest BCUT2D eigenvalue weighted by Crippen LogP contribution is 2.30. The van der Waals surface area contributed by atoms with E-state index in [1.54, 1.807) is 11.3 Å². The summed E-state index contributed by atoms with van der Waals surface area (Å²) in [5.74, 6) is 0. The predicted octanol–water partition coefficient (Wildman–Crippen LogP) is 3.98. The molecule has 0 saturated heterocycles. The number of hydrogen-bond donors (Lipinski definition) is 1. The van der Waals surface area contributed by atoms with E-state index in [1.165, 1.54) is 4.88 Å². The molecule has 0 fully saturated rings. The lowest BCUT2D eigenvalue weighted by Gasteiger charge is -2.37. The van der Waals surface area contributed by atoms with Crippen molar-refractivity contribution in [1.29, 1.82) is 0 Å². The summed E-state index contributed by atoms with van der Waals surface area (Å²) < 4.78 is 7.11. The zero-order valence-corrected chi connectivity index (χ0v) is 13.2. The van der Waals surface area contributed by atoms with Crippen molar-refractivity contribution in [2.24, 2.45) is 5.73 Å². The fourth-order valence-electron chi connectivity index (χ4n) is 2.23. The monoisotopic (exact) mass is 319 g/mol. The zero-order valence-electron chi connectivity index (χ0n) is 10.8. The molecule has 0 bridgehead atoms. The van der Waals surface area contributed by atoms with Crippen molar-refractivity contribution < 1.29 is 4.74 Å². The summed E-state index contributed by atoms with van der Waals surface area (Å²) in [7, 11) is 0. The van der Waals surface area contributed by atoms with Crippen LogP contribution in [0.2, 0.25) is 0 Å². The van der Waals surface area contributed by atoms with Gasteiger partial charge < -0.3 is 10.5 Å². The standard InChI is InChI=1S/C13H22BrNOS/c1-4-13(5-2,16-6-3)12(15)9-11-10(14)7-8-17-11/h7-8,12H,4-6,9,15H2,1-3H3. The molecular weight excluding hydrogens is 298 g/mol. The molecular formula is C13H22BrNOS. The molecule has 2 N–H and O–H groups in total. The lowest BCUT2D eigenvalue weighted by Crippen LogP contribution is -2.50. The summed E-state index contributed by atoms with van der Waals surface area (Å²) in [6.45, 7) is 7.07. The van der Waals surface area contributed by atoms with Crippen LogP contribution in [-0.4, -0.2) is 18.2 Å². The van der Waals surface area contributed by atoms with Crippen LogP contribution in [0.1, 0.15) is 38.5 Å². The lowest BCUT2D eigenvalue weighted by atomic mass is 9.86. The zero-order chi connectivity index (χ0) is 12.9. The minimum Gasteiger partial charge on any atom is -0.374 e. The van der Waals surface area contributed by atoms with Crippen LogP contribution >= 0.6 is 27.3 Å². The summed E-state index contributed by atoms with van der Waals surface area (Å²) >= 11 is 5.31. The van der Waals surface area contributed by atoms with Crippen LogP contribution in [0.3, 0.4) is 0 Å². The number of hydrogen-bond acceptors (Lipinski definition) is 3. The van der Waals surface area contributed by atoms with Crippen LogP contribution in [0, 0.1) is 0 Å². The van der Waals surface area contributed by atoms with E-state index in [9.17, 15) is 0 Å². The van der Waals surface area contributed by atoms with Gasteiger partial charge in [0.2, 0.25) is 0 Å². The molecule has 0 amide bonds. The van der Waals surface area contributed by atoms with Crippen molar-refractivity contribution in [1.82, 2.24) is 0 Å². The molecule has 0 aliphatic carbocycles. The van der Waals surface area contributed by atoms with Crippen molar-refractivity contribution >= 4 is 27.3 Å². The maximum absolute atomic E-state index is 6.38. The summed E-state index contributed by atoms with van der Waals surface area (Å²) in [6.07, 6.45) is 2.79. The van der Waals surface area contributed by atoms with Crippen LogP contribution < -0.4 is 5.73 Å². The number of rotatable bonds is 7. The Labute approximate surface area is 117 Å². The Bertz CT molecular complexity index is 336. The highest BCUT2D eigenvalue weighted by molar-refractivity contribution is 9.10. The largest absolute Gasteiger partial charge is 0.374 e. The second kappa shape index (κ2) is 6.88. The number of nitrogens with two attached hydrogens (primary N) is 1. The molecule has 4 heteroatoms. The average Bonchev–Trinajstić information content (AvgIpc) is 2.72. The van der Waals surface area contributed by atoms with Crippen molar-refractivity contribution in [3.05, 3.63) is 20.8 Å². The maximum atomic E-state index is 6.38. The first-order valence-electron chi connectivity index (χ1n) is 6.21. The van der Waals surface area contributed by atoms with Crippen molar-refractivity contribution in [2.45, 2.75) is 51.7 Å². The molecule has 0 saturated carbocycles. The van der Waals surface area contributed by atoms with Gasteiger partial charge in [-0.25, -0.2) is 0 Å². The van der Waals surface area contributed by atoms with E-state index < -0.39 is 0 Å². The molecule has 0 aliphatic rings. The SMILES string of the molecule is CCOC(CC)(CC)C(N)Cc1sccc1Br. The van der Waals surface area contributed by atoms with Gasteiger partial charge in [0.1, 0.15) is 0 Å². The molecule has 1 atom stereocenters. The maximum Gasteiger partial charge on any atom is 0.0830 e. The Morgan fingerprint density at radius 1 is 1.41 bits per heavy atom. The molecule has 0 aliphatic heterocycles. The molecule has 0 aromatic carbocycles. The fourth-order valence-corrected chi connectivity index (χ4v) is 3.80. The Hall–Kier alpha value is 0.100. The molecule has 98 valence electrons. The highest BCUT2D eigenvalue weighted by Gasteiger charge is 2.34. The molecule has 1 aromatic heterocycles. The van der Waals surface area contributed by atoms with Gasteiger partial charge in [-0.1, -0.05) is 13.8 Å². The molecule has 1 rings (SSSR count). The molecule has 1 heterocycles. The van der Waals surface area contributed by atoms with Crippen LogP contribution in [0.25, 0.3) is 0 Å². The van der Waals surface area contributed by atoms with Gasteiger partial charge in [-0.2, -0.15) is 0 Å². The molecule has 2 nitrogen and oxygen atoms in total. The minimum atomic E-state index is -0.182. The highest BCUT2D eigenvalue weighted by atomic mass is 79.9. The smallest absolute Gasteiger partial charge is 0.0830 e. The van der Waals surface area contributed by atoms with E-state index >= 15 is 0 Å². The number of ether oxygens (including phenoxy) is 1. The summed E-state index contributed by atoms with van der Waals surface area (Å²) in [4.78, 5) is 1.31. The Morgan fingerprint density at radius 3 is 2.47 bits per heavy atom. The third-order valence-corrected chi connectivity index (χ3v) is 5.35. The Morgan fingerprint density at radius 2 is 2.06 bits per heavy atom. The normalized spacial score (nSPS) is 13.9. The van der Waals surface area contributed by atoms with Gasteiger partial charge >= 0.3 is 0 Å². The van der Waals surface area contributed by atoms with E-state index in [4.69, 9.17) is 10.5 Å². The lowest BCUT2D eigenvalue weighted by molar-refractivity contribution is -0.0632. The average molecular weight is 320 g/mol. The summed E-state index contributed by atoms with van der Waals surface area (Å²) in [5.41, 5.74) is 6.20.